The number of hydroxylamine groups is 1. The molecular weight excluding hydrogens is 92.1 g/mol. The minimum absolute atomic E-state index is 0.566. The van der Waals surface area contributed by atoms with Crippen molar-refractivity contribution in [3.8, 4) is 0 Å². The van der Waals surface area contributed by atoms with Crippen LogP contribution in [-0.4, -0.2) is 16.9 Å². The highest BCUT2D eigenvalue weighted by molar-refractivity contribution is 4.32. The molecule has 0 aromatic heterocycles. The maximum absolute atomic E-state index is 8.29. The third kappa shape index (κ3) is 5.88. The van der Waals surface area contributed by atoms with Gasteiger partial charge < -0.3 is 0 Å². The van der Waals surface area contributed by atoms with E-state index in [2.05, 4.69) is 0 Å². The van der Waals surface area contributed by atoms with Gasteiger partial charge in [-0.25, -0.2) is 5.84 Å². The molecule has 3 heteroatoms. The van der Waals surface area contributed by atoms with Crippen molar-refractivity contribution in [1.82, 2.24) is 5.17 Å². The number of hydrazine groups is 1. The van der Waals surface area contributed by atoms with Crippen LogP contribution in [0.3, 0.4) is 0 Å². The Bertz CT molecular complexity index is 38.7. The van der Waals surface area contributed by atoms with E-state index in [-0.39, 0.29) is 0 Å². The summed E-state index contributed by atoms with van der Waals surface area (Å²) in [6.45, 7) is 2.61. The Hall–Kier alpha value is -0.120. The third-order valence-electron chi connectivity index (χ3n) is 0.741. The summed E-state index contributed by atoms with van der Waals surface area (Å²) in [6.07, 6.45) is 2.02. The fourth-order valence-corrected chi connectivity index (χ4v) is 0.320. The first-order chi connectivity index (χ1) is 3.27. The molecule has 0 bridgehead atoms. The average molecular weight is 104 g/mol. The van der Waals surface area contributed by atoms with Gasteiger partial charge in [0.2, 0.25) is 0 Å². The summed E-state index contributed by atoms with van der Waals surface area (Å²) in [7, 11) is 0. The molecule has 0 spiro atoms. The molecule has 0 aromatic rings. The zero-order chi connectivity index (χ0) is 5.70. The van der Waals surface area contributed by atoms with Crippen molar-refractivity contribution in [2.24, 2.45) is 5.84 Å². The summed E-state index contributed by atoms with van der Waals surface area (Å²) < 4.78 is 0. The van der Waals surface area contributed by atoms with Crippen LogP contribution in [0.25, 0.3) is 0 Å². The summed E-state index contributed by atoms with van der Waals surface area (Å²) in [4.78, 5) is 0. The van der Waals surface area contributed by atoms with Crippen LogP contribution in [0.1, 0.15) is 19.8 Å². The van der Waals surface area contributed by atoms with Gasteiger partial charge in [-0.2, -0.15) is 0 Å². The summed E-state index contributed by atoms with van der Waals surface area (Å²) in [5.74, 6) is 4.87. The van der Waals surface area contributed by atoms with Gasteiger partial charge in [-0.15, -0.1) is 5.17 Å². The molecule has 0 saturated carbocycles. The summed E-state index contributed by atoms with van der Waals surface area (Å²) in [5, 5.41) is 9.01. The molecule has 0 aliphatic rings. The van der Waals surface area contributed by atoms with Crippen molar-refractivity contribution in [1.29, 1.82) is 0 Å². The predicted molar refractivity (Wildman–Crippen MR) is 27.6 cm³/mol. The number of unbranched alkanes of at least 4 members (excludes halogenated alkanes) is 1. The first-order valence-corrected chi connectivity index (χ1v) is 2.48. The Labute approximate surface area is 43.7 Å². The Morgan fingerprint density at radius 3 is 2.43 bits per heavy atom. The van der Waals surface area contributed by atoms with Crippen molar-refractivity contribution >= 4 is 0 Å². The molecule has 0 heterocycles. The Morgan fingerprint density at radius 1 is 1.71 bits per heavy atom. The van der Waals surface area contributed by atoms with Crippen molar-refractivity contribution in [3.05, 3.63) is 0 Å². The predicted octanol–water partition coefficient (Wildman–Crippen LogP) is 0.351. The number of nitrogens with two attached hydrogens (primary N) is 1. The monoisotopic (exact) mass is 104 g/mol. The highest BCUT2D eigenvalue weighted by Crippen LogP contribution is 1.84. The van der Waals surface area contributed by atoms with E-state index in [0.29, 0.717) is 11.7 Å². The van der Waals surface area contributed by atoms with Crippen LogP contribution in [0, 0.1) is 0 Å². The SMILES string of the molecule is CCCCN(N)O. The van der Waals surface area contributed by atoms with Gasteiger partial charge in [0.1, 0.15) is 0 Å². The van der Waals surface area contributed by atoms with Crippen molar-refractivity contribution < 1.29 is 5.21 Å². The molecule has 0 rings (SSSR count). The van der Waals surface area contributed by atoms with Gasteiger partial charge in [0.05, 0.1) is 0 Å². The maximum atomic E-state index is 8.29. The van der Waals surface area contributed by atoms with Crippen LogP contribution >= 0.6 is 0 Å². The molecule has 3 nitrogen and oxygen atoms in total. The van der Waals surface area contributed by atoms with Gasteiger partial charge in [0.25, 0.3) is 0 Å². The lowest BCUT2D eigenvalue weighted by molar-refractivity contribution is -0.0936. The lowest BCUT2D eigenvalue weighted by Gasteiger charge is -2.03. The molecule has 0 aliphatic heterocycles. The molecular formula is C4H12N2O. The third-order valence-corrected chi connectivity index (χ3v) is 0.741. The van der Waals surface area contributed by atoms with E-state index in [0.717, 1.165) is 12.8 Å². The van der Waals surface area contributed by atoms with Crippen LogP contribution in [0.4, 0.5) is 0 Å². The lowest BCUT2D eigenvalue weighted by atomic mass is 10.3. The minimum atomic E-state index is 0.566. The lowest BCUT2D eigenvalue weighted by Crippen LogP contribution is -2.27. The number of rotatable bonds is 3. The smallest absolute Gasteiger partial charge is 0.0396 e. The van der Waals surface area contributed by atoms with Crippen molar-refractivity contribution in [2.75, 3.05) is 6.54 Å². The molecule has 0 radical (unpaired) electrons. The molecule has 0 aromatic carbocycles. The van der Waals surface area contributed by atoms with Gasteiger partial charge in [-0.05, 0) is 6.42 Å². The average Bonchev–Trinajstić information content (AvgIpc) is 1.61. The highest BCUT2D eigenvalue weighted by atomic mass is 16.5. The fraction of sp³-hybridized carbons (Fsp3) is 1.00. The van der Waals surface area contributed by atoms with Gasteiger partial charge in [0.15, 0.2) is 0 Å². The molecule has 0 unspecified atom stereocenters. The maximum Gasteiger partial charge on any atom is 0.0396 e. The largest absolute Gasteiger partial charge is 0.299 e. The number of hydrogen-bond donors (Lipinski definition) is 2. The van der Waals surface area contributed by atoms with Crippen molar-refractivity contribution in [3.63, 3.8) is 0 Å². The minimum Gasteiger partial charge on any atom is -0.299 e. The molecule has 0 atom stereocenters. The Balaban J connectivity index is 2.68. The summed E-state index contributed by atoms with van der Waals surface area (Å²) >= 11 is 0. The van der Waals surface area contributed by atoms with Crippen molar-refractivity contribution in [2.45, 2.75) is 19.8 Å². The highest BCUT2D eigenvalue weighted by Gasteiger charge is 1.86. The summed E-state index contributed by atoms with van der Waals surface area (Å²) in [6, 6.07) is 0. The molecule has 0 fully saturated rings. The second-order valence-corrected chi connectivity index (χ2v) is 1.52. The van der Waals surface area contributed by atoms with E-state index in [9.17, 15) is 0 Å². The first-order valence-electron chi connectivity index (χ1n) is 2.48. The van der Waals surface area contributed by atoms with E-state index in [1.807, 2.05) is 6.92 Å². The zero-order valence-corrected chi connectivity index (χ0v) is 4.59. The van der Waals surface area contributed by atoms with Crippen LogP contribution in [0.5, 0.6) is 0 Å². The van der Waals surface area contributed by atoms with Crippen LogP contribution in [0.15, 0.2) is 0 Å². The Morgan fingerprint density at radius 2 is 2.29 bits per heavy atom. The first kappa shape index (κ1) is 6.88. The van der Waals surface area contributed by atoms with Crippen LogP contribution < -0.4 is 5.84 Å². The van der Waals surface area contributed by atoms with E-state index < -0.39 is 0 Å². The van der Waals surface area contributed by atoms with E-state index in [1.54, 1.807) is 0 Å². The molecule has 0 amide bonds. The van der Waals surface area contributed by atoms with Crippen LogP contribution in [-0.2, 0) is 0 Å². The quantitative estimate of drug-likeness (QED) is 0.401. The van der Waals surface area contributed by atoms with Crippen LogP contribution in [0.2, 0.25) is 0 Å². The van der Waals surface area contributed by atoms with E-state index in [4.69, 9.17) is 11.0 Å². The number of nitrogens with zero attached hydrogens (tertiary/aromatic N) is 1. The Kier molecular flexibility index (Phi) is 3.98. The van der Waals surface area contributed by atoms with E-state index in [1.165, 1.54) is 0 Å². The van der Waals surface area contributed by atoms with Gasteiger partial charge in [0, 0.05) is 6.54 Å². The van der Waals surface area contributed by atoms with E-state index >= 15 is 0 Å². The van der Waals surface area contributed by atoms with Gasteiger partial charge in [-0.3, -0.25) is 5.21 Å². The normalized spacial score (nSPS) is 10.3. The van der Waals surface area contributed by atoms with Gasteiger partial charge in [-0.1, -0.05) is 13.3 Å². The molecule has 0 aliphatic carbocycles. The fourth-order valence-electron chi connectivity index (χ4n) is 0.320. The topological polar surface area (TPSA) is 49.5 Å². The molecule has 7 heavy (non-hydrogen) atoms. The molecule has 3 N–H and O–H groups in total. The molecule has 0 saturated heterocycles. The number of hydrogen-bond acceptors (Lipinski definition) is 3. The second kappa shape index (κ2) is 4.05. The van der Waals surface area contributed by atoms with Gasteiger partial charge >= 0.3 is 0 Å². The standard InChI is InChI=1S/C4H12N2O/c1-2-3-4-6(5)7/h7H,2-5H2,1H3. The zero-order valence-electron chi connectivity index (χ0n) is 4.59. The molecule has 44 valence electrons. The second-order valence-electron chi connectivity index (χ2n) is 1.52. The summed E-state index contributed by atoms with van der Waals surface area (Å²) in [5.41, 5.74) is 0.